The molecule has 0 saturated carbocycles. The van der Waals surface area contributed by atoms with E-state index in [1.165, 1.54) is 6.20 Å². The molecule has 0 spiro atoms. The molecule has 0 aliphatic rings. The standard InChI is InChI=1S/C16H27N3O4/c1-10(2)19-11(3)12(9-17-19)14(20)18-13(15(21)22)7-8-23-16(4,5)6/h9-10,13H,7-8H2,1-6H3,(H,18,20)(H,21,22). The molecule has 1 aromatic rings. The Morgan fingerprint density at radius 1 is 1.39 bits per heavy atom. The van der Waals surface area contributed by atoms with Gasteiger partial charge in [-0.15, -0.1) is 0 Å². The maximum Gasteiger partial charge on any atom is 0.326 e. The second-order valence-electron chi connectivity index (χ2n) is 6.80. The molecule has 0 aliphatic carbocycles. The van der Waals surface area contributed by atoms with Crippen molar-refractivity contribution in [2.75, 3.05) is 6.61 Å². The lowest BCUT2D eigenvalue weighted by atomic mass is 10.1. The molecule has 2 N–H and O–H groups in total. The summed E-state index contributed by atoms with van der Waals surface area (Å²) < 4.78 is 7.26. The summed E-state index contributed by atoms with van der Waals surface area (Å²) in [6.07, 6.45) is 1.67. The van der Waals surface area contributed by atoms with E-state index in [1.54, 1.807) is 11.6 Å². The molecular weight excluding hydrogens is 298 g/mol. The summed E-state index contributed by atoms with van der Waals surface area (Å²) in [6, 6.07) is -0.862. The van der Waals surface area contributed by atoms with Crippen LogP contribution in [-0.2, 0) is 9.53 Å². The molecule has 1 unspecified atom stereocenters. The Hall–Kier alpha value is -1.89. The van der Waals surface area contributed by atoms with Crippen LogP contribution in [0.5, 0.6) is 0 Å². The topological polar surface area (TPSA) is 93.4 Å². The zero-order valence-corrected chi connectivity index (χ0v) is 14.7. The van der Waals surface area contributed by atoms with Crippen LogP contribution in [0.1, 0.15) is 63.1 Å². The molecule has 1 atom stereocenters. The summed E-state index contributed by atoms with van der Waals surface area (Å²) >= 11 is 0. The van der Waals surface area contributed by atoms with E-state index in [2.05, 4.69) is 10.4 Å². The van der Waals surface area contributed by atoms with Crippen molar-refractivity contribution in [2.24, 2.45) is 0 Å². The normalized spacial score (nSPS) is 13.2. The van der Waals surface area contributed by atoms with Gasteiger partial charge >= 0.3 is 5.97 Å². The highest BCUT2D eigenvalue weighted by Crippen LogP contribution is 2.13. The first-order chi connectivity index (χ1) is 10.5. The van der Waals surface area contributed by atoms with Gasteiger partial charge in [-0.25, -0.2) is 4.79 Å². The number of amides is 1. The van der Waals surface area contributed by atoms with Crippen molar-refractivity contribution >= 4 is 11.9 Å². The minimum absolute atomic E-state index is 0.131. The number of hydrogen-bond acceptors (Lipinski definition) is 4. The monoisotopic (exact) mass is 325 g/mol. The molecule has 0 saturated heterocycles. The SMILES string of the molecule is Cc1c(C(=O)NC(CCOC(C)(C)C)C(=O)O)cnn1C(C)C. The summed E-state index contributed by atoms with van der Waals surface area (Å²) in [7, 11) is 0. The van der Waals surface area contributed by atoms with Gasteiger partial charge in [0.15, 0.2) is 0 Å². The molecular formula is C16H27N3O4. The van der Waals surface area contributed by atoms with Gasteiger partial charge in [-0.3, -0.25) is 9.48 Å². The fraction of sp³-hybridized carbons (Fsp3) is 0.688. The molecule has 1 aromatic heterocycles. The zero-order valence-electron chi connectivity index (χ0n) is 14.7. The fourth-order valence-electron chi connectivity index (χ4n) is 2.14. The lowest BCUT2D eigenvalue weighted by molar-refractivity contribution is -0.140. The predicted molar refractivity (Wildman–Crippen MR) is 86.6 cm³/mol. The van der Waals surface area contributed by atoms with E-state index in [0.717, 1.165) is 0 Å². The molecule has 1 rings (SSSR count). The van der Waals surface area contributed by atoms with E-state index in [9.17, 15) is 14.7 Å². The molecule has 0 aromatic carbocycles. The summed E-state index contributed by atoms with van der Waals surface area (Å²) in [5, 5.41) is 16.0. The third kappa shape index (κ3) is 5.67. The quantitative estimate of drug-likeness (QED) is 0.801. The summed E-state index contributed by atoms with van der Waals surface area (Å²) in [5.41, 5.74) is 0.761. The van der Waals surface area contributed by atoms with E-state index >= 15 is 0 Å². The predicted octanol–water partition coefficient (Wildman–Crippen LogP) is 2.16. The van der Waals surface area contributed by atoms with Gasteiger partial charge in [0.2, 0.25) is 0 Å². The van der Waals surface area contributed by atoms with Crippen LogP contribution >= 0.6 is 0 Å². The summed E-state index contributed by atoms with van der Waals surface area (Å²) in [4.78, 5) is 23.6. The largest absolute Gasteiger partial charge is 0.480 e. The number of aromatic nitrogens is 2. The zero-order chi connectivity index (χ0) is 17.8. The minimum atomic E-state index is -1.08. The molecule has 130 valence electrons. The van der Waals surface area contributed by atoms with Crippen molar-refractivity contribution in [3.8, 4) is 0 Å². The Bertz CT molecular complexity index is 558. The first kappa shape index (κ1) is 19.2. The van der Waals surface area contributed by atoms with Crippen molar-refractivity contribution in [2.45, 2.75) is 65.6 Å². The van der Waals surface area contributed by atoms with Crippen LogP contribution in [0, 0.1) is 6.92 Å². The van der Waals surface area contributed by atoms with Gasteiger partial charge in [-0.2, -0.15) is 5.10 Å². The Kier molecular flexibility index (Phi) is 6.32. The van der Waals surface area contributed by atoms with Gasteiger partial charge < -0.3 is 15.2 Å². The lowest BCUT2D eigenvalue weighted by Gasteiger charge is -2.21. The molecule has 0 bridgehead atoms. The number of hydrogen-bond donors (Lipinski definition) is 2. The van der Waals surface area contributed by atoms with E-state index in [-0.39, 0.29) is 24.7 Å². The van der Waals surface area contributed by atoms with Crippen LogP contribution in [0.2, 0.25) is 0 Å². The first-order valence-corrected chi connectivity index (χ1v) is 7.74. The number of rotatable bonds is 7. The molecule has 23 heavy (non-hydrogen) atoms. The van der Waals surface area contributed by atoms with Crippen molar-refractivity contribution in [3.05, 3.63) is 17.5 Å². The minimum Gasteiger partial charge on any atom is -0.480 e. The Labute approximate surface area is 137 Å². The highest BCUT2D eigenvalue weighted by molar-refractivity contribution is 5.97. The first-order valence-electron chi connectivity index (χ1n) is 7.74. The van der Waals surface area contributed by atoms with Crippen LogP contribution in [0.15, 0.2) is 6.20 Å². The average molecular weight is 325 g/mol. The smallest absolute Gasteiger partial charge is 0.326 e. The van der Waals surface area contributed by atoms with Gasteiger partial charge in [0, 0.05) is 24.8 Å². The number of carbonyl (C=O) groups is 2. The molecule has 0 radical (unpaired) electrons. The number of carbonyl (C=O) groups excluding carboxylic acids is 1. The average Bonchev–Trinajstić information content (AvgIpc) is 2.77. The van der Waals surface area contributed by atoms with Gasteiger partial charge in [-0.1, -0.05) is 0 Å². The number of nitrogens with one attached hydrogen (secondary N) is 1. The molecule has 0 aliphatic heterocycles. The van der Waals surface area contributed by atoms with E-state index < -0.39 is 17.9 Å². The summed E-state index contributed by atoms with van der Waals surface area (Å²) in [5.74, 6) is -1.51. The van der Waals surface area contributed by atoms with E-state index in [1.807, 2.05) is 34.6 Å². The lowest BCUT2D eigenvalue weighted by Crippen LogP contribution is -2.42. The van der Waals surface area contributed by atoms with Crippen molar-refractivity contribution in [1.82, 2.24) is 15.1 Å². The third-order valence-electron chi connectivity index (χ3n) is 3.32. The molecule has 7 nitrogen and oxygen atoms in total. The highest BCUT2D eigenvalue weighted by Gasteiger charge is 2.24. The third-order valence-corrected chi connectivity index (χ3v) is 3.32. The van der Waals surface area contributed by atoms with Crippen LogP contribution in [0.25, 0.3) is 0 Å². The number of carboxylic acids is 1. The van der Waals surface area contributed by atoms with Gasteiger partial charge in [0.1, 0.15) is 6.04 Å². The van der Waals surface area contributed by atoms with Crippen molar-refractivity contribution < 1.29 is 19.4 Å². The maximum absolute atomic E-state index is 12.3. The number of nitrogens with zero attached hydrogens (tertiary/aromatic N) is 2. The second-order valence-corrected chi connectivity index (χ2v) is 6.80. The van der Waals surface area contributed by atoms with Crippen LogP contribution in [0.4, 0.5) is 0 Å². The van der Waals surface area contributed by atoms with Gasteiger partial charge in [-0.05, 0) is 41.5 Å². The number of ether oxygens (including phenoxy) is 1. The van der Waals surface area contributed by atoms with Crippen LogP contribution in [0.3, 0.4) is 0 Å². The summed E-state index contributed by atoms with van der Waals surface area (Å²) in [6.45, 7) is 11.7. The van der Waals surface area contributed by atoms with Crippen LogP contribution < -0.4 is 5.32 Å². The second kappa shape index (κ2) is 7.59. The van der Waals surface area contributed by atoms with E-state index in [0.29, 0.717) is 11.3 Å². The number of aliphatic carboxylic acids is 1. The van der Waals surface area contributed by atoms with Crippen molar-refractivity contribution in [3.63, 3.8) is 0 Å². The molecule has 1 amide bonds. The Morgan fingerprint density at radius 2 is 2.00 bits per heavy atom. The van der Waals surface area contributed by atoms with Gasteiger partial charge in [0.05, 0.1) is 17.4 Å². The van der Waals surface area contributed by atoms with Gasteiger partial charge in [0.25, 0.3) is 5.91 Å². The maximum atomic E-state index is 12.3. The molecule has 0 fully saturated rings. The van der Waals surface area contributed by atoms with Crippen molar-refractivity contribution in [1.29, 1.82) is 0 Å². The Morgan fingerprint density at radius 3 is 2.43 bits per heavy atom. The number of carboxylic acid groups (broad SMARTS) is 1. The fourth-order valence-corrected chi connectivity index (χ4v) is 2.14. The molecule has 1 heterocycles. The van der Waals surface area contributed by atoms with E-state index in [4.69, 9.17) is 4.74 Å². The molecule has 7 heteroatoms. The Balaban J connectivity index is 2.73. The highest BCUT2D eigenvalue weighted by atomic mass is 16.5. The van der Waals surface area contributed by atoms with Crippen LogP contribution in [-0.4, -0.2) is 45.0 Å².